The summed E-state index contributed by atoms with van der Waals surface area (Å²) >= 11 is 11.8. The van der Waals surface area contributed by atoms with E-state index in [1.165, 1.54) is 12.1 Å². The Hall–Kier alpha value is -1.38. The molecule has 2 rings (SSSR count). The van der Waals surface area contributed by atoms with Gasteiger partial charge in [-0.05, 0) is 36.8 Å². The molecule has 0 aliphatic rings. The highest BCUT2D eigenvalue weighted by Gasteiger charge is 2.16. The number of benzene rings is 2. The van der Waals surface area contributed by atoms with Gasteiger partial charge in [0.2, 0.25) is 0 Å². The molecule has 0 bridgehead atoms. The Balaban J connectivity index is 2.51. The molecular weight excluding hydrogens is 274 g/mol. The molecule has 4 heteroatoms. The van der Waals surface area contributed by atoms with Crippen molar-refractivity contribution in [1.29, 1.82) is 0 Å². The predicted octanol–water partition coefficient (Wildman–Crippen LogP) is 4.67. The first-order chi connectivity index (χ1) is 8.50. The lowest BCUT2D eigenvalue weighted by atomic mass is 9.99. The minimum absolute atomic E-state index is 0.0966. The fourth-order valence-corrected chi connectivity index (χ4v) is 2.10. The number of carbonyl (C=O) groups excluding carboxylic acids is 1. The van der Waals surface area contributed by atoms with E-state index in [4.69, 9.17) is 23.2 Å². The number of hydrogen-bond acceptors (Lipinski definition) is 1. The van der Waals surface area contributed by atoms with Crippen LogP contribution in [-0.2, 0) is 0 Å². The average Bonchev–Trinajstić information content (AvgIpc) is 2.32. The normalized spacial score (nSPS) is 10.4. The lowest BCUT2D eigenvalue weighted by Gasteiger charge is -2.08. The van der Waals surface area contributed by atoms with Crippen molar-refractivity contribution >= 4 is 29.0 Å². The molecule has 0 N–H and O–H groups in total. The standard InChI is InChI=1S/C14H9Cl2FO/c1-8-10(3-2-4-12(8)15)14(18)11-6-5-9(17)7-13(11)16/h2-7H,1H3. The number of rotatable bonds is 2. The summed E-state index contributed by atoms with van der Waals surface area (Å²) in [4.78, 5) is 12.3. The van der Waals surface area contributed by atoms with Crippen LogP contribution in [0.2, 0.25) is 10.0 Å². The fourth-order valence-electron chi connectivity index (χ4n) is 1.67. The van der Waals surface area contributed by atoms with E-state index in [-0.39, 0.29) is 16.4 Å². The van der Waals surface area contributed by atoms with Gasteiger partial charge in [-0.15, -0.1) is 0 Å². The second-order valence-corrected chi connectivity index (χ2v) is 4.68. The van der Waals surface area contributed by atoms with E-state index in [1.54, 1.807) is 25.1 Å². The average molecular weight is 283 g/mol. The first-order valence-electron chi connectivity index (χ1n) is 5.25. The zero-order valence-corrected chi connectivity index (χ0v) is 11.0. The van der Waals surface area contributed by atoms with Gasteiger partial charge in [0.25, 0.3) is 0 Å². The molecular formula is C14H9Cl2FO. The fraction of sp³-hybridized carbons (Fsp3) is 0.0714. The zero-order valence-electron chi connectivity index (χ0n) is 9.51. The van der Waals surface area contributed by atoms with Gasteiger partial charge in [0.15, 0.2) is 5.78 Å². The maximum Gasteiger partial charge on any atom is 0.194 e. The summed E-state index contributed by atoms with van der Waals surface area (Å²) in [5.74, 6) is -0.737. The highest BCUT2D eigenvalue weighted by atomic mass is 35.5. The van der Waals surface area contributed by atoms with Crippen LogP contribution in [0.3, 0.4) is 0 Å². The molecule has 0 spiro atoms. The van der Waals surface area contributed by atoms with Crippen LogP contribution in [0.25, 0.3) is 0 Å². The van der Waals surface area contributed by atoms with Crippen molar-refractivity contribution in [1.82, 2.24) is 0 Å². The second kappa shape index (κ2) is 5.09. The van der Waals surface area contributed by atoms with Crippen LogP contribution in [0, 0.1) is 12.7 Å². The zero-order chi connectivity index (χ0) is 13.3. The Morgan fingerprint density at radius 3 is 2.44 bits per heavy atom. The van der Waals surface area contributed by atoms with Crippen molar-refractivity contribution < 1.29 is 9.18 Å². The molecule has 0 amide bonds. The van der Waals surface area contributed by atoms with Gasteiger partial charge in [0, 0.05) is 16.1 Å². The van der Waals surface area contributed by atoms with Crippen LogP contribution in [0.1, 0.15) is 21.5 Å². The largest absolute Gasteiger partial charge is 0.289 e. The summed E-state index contributed by atoms with van der Waals surface area (Å²) in [5, 5.41) is 0.610. The summed E-state index contributed by atoms with van der Waals surface area (Å²) in [5.41, 5.74) is 1.42. The monoisotopic (exact) mass is 282 g/mol. The molecule has 0 aliphatic carbocycles. The summed E-state index contributed by atoms with van der Waals surface area (Å²) in [6, 6.07) is 8.77. The van der Waals surface area contributed by atoms with Crippen LogP contribution in [0.5, 0.6) is 0 Å². The highest BCUT2D eigenvalue weighted by molar-refractivity contribution is 6.35. The molecule has 0 aromatic heterocycles. The molecule has 0 radical (unpaired) electrons. The third kappa shape index (κ3) is 2.40. The summed E-state index contributed by atoms with van der Waals surface area (Å²) < 4.78 is 12.9. The Kier molecular flexibility index (Phi) is 3.69. The molecule has 0 fully saturated rings. The predicted molar refractivity (Wildman–Crippen MR) is 71.0 cm³/mol. The maximum atomic E-state index is 12.9. The highest BCUT2D eigenvalue weighted by Crippen LogP contribution is 2.25. The molecule has 1 nitrogen and oxygen atoms in total. The van der Waals surface area contributed by atoms with Crippen LogP contribution < -0.4 is 0 Å². The molecule has 18 heavy (non-hydrogen) atoms. The Labute approximate surface area is 114 Å². The van der Waals surface area contributed by atoms with Crippen LogP contribution in [0.4, 0.5) is 4.39 Å². The number of ketones is 1. The van der Waals surface area contributed by atoms with Gasteiger partial charge in [0.05, 0.1) is 5.02 Å². The van der Waals surface area contributed by atoms with Crippen molar-refractivity contribution in [2.75, 3.05) is 0 Å². The summed E-state index contributed by atoms with van der Waals surface area (Å²) in [6.45, 7) is 1.76. The SMILES string of the molecule is Cc1c(Cl)cccc1C(=O)c1ccc(F)cc1Cl. The summed E-state index contributed by atoms with van der Waals surface area (Å²) in [6.07, 6.45) is 0. The van der Waals surface area contributed by atoms with E-state index >= 15 is 0 Å². The molecule has 2 aromatic rings. The first kappa shape index (κ1) is 13.1. The van der Waals surface area contributed by atoms with E-state index < -0.39 is 5.82 Å². The van der Waals surface area contributed by atoms with Gasteiger partial charge >= 0.3 is 0 Å². The van der Waals surface area contributed by atoms with Gasteiger partial charge in [-0.25, -0.2) is 4.39 Å². The molecule has 2 aromatic carbocycles. The van der Waals surface area contributed by atoms with E-state index in [2.05, 4.69) is 0 Å². The lowest BCUT2D eigenvalue weighted by Crippen LogP contribution is -2.05. The van der Waals surface area contributed by atoms with E-state index in [1.807, 2.05) is 0 Å². The van der Waals surface area contributed by atoms with Crippen molar-refractivity contribution in [3.63, 3.8) is 0 Å². The second-order valence-electron chi connectivity index (χ2n) is 3.87. The van der Waals surface area contributed by atoms with Crippen molar-refractivity contribution in [2.45, 2.75) is 6.92 Å². The molecule has 0 saturated carbocycles. The van der Waals surface area contributed by atoms with E-state index in [9.17, 15) is 9.18 Å². The van der Waals surface area contributed by atoms with E-state index in [0.717, 1.165) is 6.07 Å². The first-order valence-corrected chi connectivity index (χ1v) is 6.01. The Morgan fingerprint density at radius 1 is 1.06 bits per heavy atom. The van der Waals surface area contributed by atoms with Gasteiger partial charge < -0.3 is 0 Å². The van der Waals surface area contributed by atoms with E-state index in [0.29, 0.717) is 16.1 Å². The molecule has 0 saturated heterocycles. The Morgan fingerprint density at radius 2 is 1.78 bits per heavy atom. The molecule has 0 unspecified atom stereocenters. The molecule has 0 aliphatic heterocycles. The van der Waals surface area contributed by atoms with Crippen molar-refractivity contribution in [3.05, 3.63) is 69.0 Å². The van der Waals surface area contributed by atoms with Crippen LogP contribution in [-0.4, -0.2) is 5.78 Å². The van der Waals surface area contributed by atoms with Crippen molar-refractivity contribution in [3.8, 4) is 0 Å². The number of halogens is 3. The minimum atomic E-state index is -0.473. The van der Waals surface area contributed by atoms with Gasteiger partial charge in [0.1, 0.15) is 5.82 Å². The van der Waals surface area contributed by atoms with Crippen molar-refractivity contribution in [2.24, 2.45) is 0 Å². The minimum Gasteiger partial charge on any atom is -0.289 e. The smallest absolute Gasteiger partial charge is 0.194 e. The molecule has 0 atom stereocenters. The van der Waals surface area contributed by atoms with Gasteiger partial charge in [-0.3, -0.25) is 4.79 Å². The third-order valence-electron chi connectivity index (χ3n) is 2.69. The quantitative estimate of drug-likeness (QED) is 0.732. The maximum absolute atomic E-state index is 12.9. The molecule has 92 valence electrons. The van der Waals surface area contributed by atoms with Gasteiger partial charge in [-0.2, -0.15) is 0 Å². The topological polar surface area (TPSA) is 17.1 Å². The summed E-state index contributed by atoms with van der Waals surface area (Å²) in [7, 11) is 0. The Bertz CT molecular complexity index is 623. The number of carbonyl (C=O) groups is 1. The van der Waals surface area contributed by atoms with Crippen LogP contribution in [0.15, 0.2) is 36.4 Å². The molecule has 0 heterocycles. The lowest BCUT2D eigenvalue weighted by molar-refractivity contribution is 0.103. The van der Waals surface area contributed by atoms with Crippen LogP contribution >= 0.6 is 23.2 Å². The third-order valence-corrected chi connectivity index (χ3v) is 3.41. The number of hydrogen-bond donors (Lipinski definition) is 0. The van der Waals surface area contributed by atoms with Gasteiger partial charge in [-0.1, -0.05) is 35.3 Å².